The molecule has 134 valence electrons. The molecule has 1 fully saturated rings. The Labute approximate surface area is 149 Å². The molecule has 0 aliphatic carbocycles. The van der Waals surface area contributed by atoms with Crippen LogP contribution in [-0.4, -0.2) is 36.6 Å². The molecule has 5 nitrogen and oxygen atoms in total. The van der Waals surface area contributed by atoms with Crippen LogP contribution in [0.25, 0.3) is 10.9 Å². The molecule has 1 aliphatic heterocycles. The molecule has 0 unspecified atom stereocenters. The summed E-state index contributed by atoms with van der Waals surface area (Å²) < 4.78 is 0. The van der Waals surface area contributed by atoms with Crippen molar-refractivity contribution in [2.45, 2.75) is 45.7 Å². The van der Waals surface area contributed by atoms with E-state index in [1.54, 1.807) is 0 Å². The first-order chi connectivity index (χ1) is 12.1. The Morgan fingerprint density at radius 2 is 1.96 bits per heavy atom. The van der Waals surface area contributed by atoms with Gasteiger partial charge in [0.25, 0.3) is 0 Å². The highest BCUT2D eigenvalue weighted by Gasteiger charge is 2.17. The number of fused-ring (bicyclic) bond motifs is 1. The van der Waals surface area contributed by atoms with E-state index in [1.807, 2.05) is 26.0 Å². The van der Waals surface area contributed by atoms with Gasteiger partial charge in [-0.2, -0.15) is 0 Å². The smallest absolute Gasteiger partial charge is 0.234 e. The topological polar surface area (TPSA) is 57.3 Å². The van der Waals surface area contributed by atoms with Crippen molar-refractivity contribution in [3.05, 3.63) is 35.9 Å². The minimum Gasteiger partial charge on any atom is -0.356 e. The van der Waals surface area contributed by atoms with Gasteiger partial charge in [0.1, 0.15) is 5.82 Å². The van der Waals surface area contributed by atoms with Crippen LogP contribution < -0.4 is 15.5 Å². The second-order valence-electron chi connectivity index (χ2n) is 7.04. The van der Waals surface area contributed by atoms with E-state index in [1.165, 1.54) is 19.3 Å². The third kappa shape index (κ3) is 4.69. The van der Waals surface area contributed by atoms with Gasteiger partial charge in [0.05, 0.1) is 12.1 Å². The number of rotatable bonds is 6. The molecule has 3 rings (SSSR count). The van der Waals surface area contributed by atoms with Gasteiger partial charge >= 0.3 is 0 Å². The van der Waals surface area contributed by atoms with E-state index in [9.17, 15) is 4.79 Å². The molecule has 0 bridgehead atoms. The van der Waals surface area contributed by atoms with E-state index in [2.05, 4.69) is 33.7 Å². The predicted molar refractivity (Wildman–Crippen MR) is 103 cm³/mol. The molecule has 1 aromatic heterocycles. The van der Waals surface area contributed by atoms with Crippen molar-refractivity contribution in [3.8, 4) is 0 Å². The van der Waals surface area contributed by atoms with Crippen molar-refractivity contribution in [2.24, 2.45) is 0 Å². The van der Waals surface area contributed by atoms with Crippen molar-refractivity contribution >= 4 is 22.6 Å². The van der Waals surface area contributed by atoms with Gasteiger partial charge in [-0.15, -0.1) is 0 Å². The normalized spacial score (nSPS) is 14.9. The van der Waals surface area contributed by atoms with Crippen LogP contribution >= 0.6 is 0 Å². The molecule has 2 aromatic rings. The molecule has 0 saturated carbocycles. The summed E-state index contributed by atoms with van der Waals surface area (Å²) in [6.45, 7) is 7.04. The Morgan fingerprint density at radius 1 is 1.20 bits per heavy atom. The van der Waals surface area contributed by atoms with Crippen molar-refractivity contribution in [3.63, 3.8) is 0 Å². The maximum atomic E-state index is 11.8. The standard InChI is InChI=1S/C20H28N4O/c1-15(2)22-19(25)14-21-13-17-12-16-8-4-5-9-18(16)23-20(17)24-10-6-3-7-11-24/h4-5,8-9,12,15,21H,3,6-7,10-11,13-14H2,1-2H3,(H,22,25). The number of amides is 1. The maximum absolute atomic E-state index is 11.8. The molecular formula is C20H28N4O. The fourth-order valence-corrected chi connectivity index (χ4v) is 3.34. The number of benzene rings is 1. The zero-order valence-electron chi connectivity index (χ0n) is 15.2. The number of pyridine rings is 1. The molecule has 1 amide bonds. The lowest BCUT2D eigenvalue weighted by Crippen LogP contribution is -2.38. The lowest BCUT2D eigenvalue weighted by Gasteiger charge is -2.30. The van der Waals surface area contributed by atoms with Crippen LogP contribution in [0.4, 0.5) is 5.82 Å². The summed E-state index contributed by atoms with van der Waals surface area (Å²) in [7, 11) is 0. The van der Waals surface area contributed by atoms with Crippen molar-refractivity contribution in [1.82, 2.24) is 15.6 Å². The zero-order chi connectivity index (χ0) is 17.6. The summed E-state index contributed by atoms with van der Waals surface area (Å²) in [5, 5.41) is 7.33. The Kier molecular flexibility index (Phi) is 5.87. The molecule has 2 heterocycles. The van der Waals surface area contributed by atoms with Gasteiger partial charge < -0.3 is 15.5 Å². The van der Waals surface area contributed by atoms with Crippen LogP contribution in [0.1, 0.15) is 38.7 Å². The SMILES string of the molecule is CC(C)NC(=O)CNCc1cc2ccccc2nc1N1CCCCC1. The van der Waals surface area contributed by atoms with Gasteiger partial charge in [0.2, 0.25) is 5.91 Å². The maximum Gasteiger partial charge on any atom is 0.234 e. The highest BCUT2D eigenvalue weighted by Crippen LogP contribution is 2.26. The molecule has 1 aromatic carbocycles. The summed E-state index contributed by atoms with van der Waals surface area (Å²) in [4.78, 5) is 19.2. The molecule has 1 aliphatic rings. The number of hydrogen-bond acceptors (Lipinski definition) is 4. The summed E-state index contributed by atoms with van der Waals surface area (Å²) in [5.41, 5.74) is 2.20. The Hall–Kier alpha value is -2.14. The molecule has 1 saturated heterocycles. The third-order valence-electron chi connectivity index (χ3n) is 4.49. The lowest BCUT2D eigenvalue weighted by molar-refractivity contribution is -0.120. The largest absolute Gasteiger partial charge is 0.356 e. The van der Waals surface area contributed by atoms with Crippen LogP contribution in [-0.2, 0) is 11.3 Å². The highest BCUT2D eigenvalue weighted by atomic mass is 16.1. The number of nitrogens with one attached hydrogen (secondary N) is 2. The van der Waals surface area contributed by atoms with Gasteiger partial charge in [-0.1, -0.05) is 18.2 Å². The number of carbonyl (C=O) groups excluding carboxylic acids is 1. The van der Waals surface area contributed by atoms with E-state index in [-0.39, 0.29) is 11.9 Å². The first kappa shape index (κ1) is 17.7. The summed E-state index contributed by atoms with van der Waals surface area (Å²) >= 11 is 0. The van der Waals surface area contributed by atoms with Gasteiger partial charge in [-0.3, -0.25) is 4.79 Å². The average Bonchev–Trinajstić information content (AvgIpc) is 2.61. The number of anilines is 1. The number of aromatic nitrogens is 1. The molecule has 2 N–H and O–H groups in total. The average molecular weight is 340 g/mol. The quantitative estimate of drug-likeness (QED) is 0.849. The molecule has 0 radical (unpaired) electrons. The monoisotopic (exact) mass is 340 g/mol. The second-order valence-corrected chi connectivity index (χ2v) is 7.04. The van der Waals surface area contributed by atoms with Gasteiger partial charge in [0.15, 0.2) is 0 Å². The number of nitrogens with zero attached hydrogens (tertiary/aromatic N) is 2. The summed E-state index contributed by atoms with van der Waals surface area (Å²) in [5.74, 6) is 1.10. The fourth-order valence-electron chi connectivity index (χ4n) is 3.34. The van der Waals surface area contributed by atoms with Crippen molar-refractivity contribution in [1.29, 1.82) is 0 Å². The molecule has 5 heteroatoms. The zero-order valence-corrected chi connectivity index (χ0v) is 15.2. The van der Waals surface area contributed by atoms with Crippen LogP contribution in [0.2, 0.25) is 0 Å². The minimum atomic E-state index is 0.0308. The van der Waals surface area contributed by atoms with Gasteiger partial charge in [-0.05, 0) is 45.2 Å². The van der Waals surface area contributed by atoms with Crippen molar-refractivity contribution in [2.75, 3.05) is 24.5 Å². The fraction of sp³-hybridized carbons (Fsp3) is 0.500. The molecule has 0 spiro atoms. The molecule has 0 atom stereocenters. The van der Waals surface area contributed by atoms with Crippen LogP contribution in [0, 0.1) is 0 Å². The number of para-hydroxylation sites is 1. The first-order valence-corrected chi connectivity index (χ1v) is 9.27. The minimum absolute atomic E-state index is 0.0308. The van der Waals surface area contributed by atoms with Crippen LogP contribution in [0.15, 0.2) is 30.3 Å². The first-order valence-electron chi connectivity index (χ1n) is 9.27. The second kappa shape index (κ2) is 8.30. The Balaban J connectivity index is 1.77. The summed E-state index contributed by atoms with van der Waals surface area (Å²) in [6, 6.07) is 10.6. The number of hydrogen-bond donors (Lipinski definition) is 2. The van der Waals surface area contributed by atoms with Crippen LogP contribution in [0.3, 0.4) is 0 Å². The van der Waals surface area contributed by atoms with Gasteiger partial charge in [0, 0.05) is 36.6 Å². The van der Waals surface area contributed by atoms with Crippen LogP contribution in [0.5, 0.6) is 0 Å². The van der Waals surface area contributed by atoms with Gasteiger partial charge in [-0.25, -0.2) is 4.98 Å². The van der Waals surface area contributed by atoms with E-state index in [4.69, 9.17) is 4.98 Å². The van der Waals surface area contributed by atoms with E-state index < -0.39 is 0 Å². The van der Waals surface area contributed by atoms with E-state index >= 15 is 0 Å². The third-order valence-corrected chi connectivity index (χ3v) is 4.49. The van der Waals surface area contributed by atoms with E-state index in [0.717, 1.165) is 35.4 Å². The summed E-state index contributed by atoms with van der Waals surface area (Å²) in [6.07, 6.45) is 3.74. The highest BCUT2D eigenvalue weighted by molar-refractivity contribution is 5.82. The number of carbonyl (C=O) groups is 1. The Morgan fingerprint density at radius 3 is 2.72 bits per heavy atom. The lowest BCUT2D eigenvalue weighted by atomic mass is 10.1. The molecule has 25 heavy (non-hydrogen) atoms. The Bertz CT molecular complexity index is 723. The number of piperidine rings is 1. The van der Waals surface area contributed by atoms with E-state index in [0.29, 0.717) is 13.1 Å². The predicted octanol–water partition coefficient (Wildman–Crippen LogP) is 2.84. The van der Waals surface area contributed by atoms with Crippen molar-refractivity contribution < 1.29 is 4.79 Å². The molecular weight excluding hydrogens is 312 g/mol.